The molecule has 0 spiro atoms. The molecule has 1 N–H and O–H groups in total. The van der Waals surface area contributed by atoms with Gasteiger partial charge in [-0.05, 0) is 17.5 Å². The lowest BCUT2D eigenvalue weighted by Gasteiger charge is -1.96. The van der Waals surface area contributed by atoms with Crippen molar-refractivity contribution in [3.63, 3.8) is 0 Å². The molecule has 2 unspecified atom stereocenters. The van der Waals surface area contributed by atoms with Gasteiger partial charge in [0.05, 0.1) is 18.0 Å². The van der Waals surface area contributed by atoms with Gasteiger partial charge in [-0.25, -0.2) is 9.37 Å². The summed E-state index contributed by atoms with van der Waals surface area (Å²) in [6.45, 7) is 3.69. The first-order valence-electron chi connectivity index (χ1n) is 6.09. The molecule has 0 bridgehead atoms. The van der Waals surface area contributed by atoms with Gasteiger partial charge in [-0.3, -0.25) is 4.79 Å². The lowest BCUT2D eigenvalue weighted by atomic mass is 10.1. The predicted octanol–water partition coefficient (Wildman–Crippen LogP) is 2.09. The molecule has 1 aliphatic rings. The van der Waals surface area contributed by atoms with Crippen molar-refractivity contribution in [2.45, 2.75) is 19.8 Å². The summed E-state index contributed by atoms with van der Waals surface area (Å²) in [6.07, 6.45) is 1.06. The average molecular weight is 277 g/mol. The Hall–Kier alpha value is -2.31. The first-order chi connectivity index (χ1) is 9.41. The summed E-state index contributed by atoms with van der Waals surface area (Å²) in [7, 11) is 0. The fourth-order valence-electron chi connectivity index (χ4n) is 2.53. The van der Waals surface area contributed by atoms with Crippen molar-refractivity contribution < 1.29 is 18.8 Å². The van der Waals surface area contributed by atoms with Crippen LogP contribution in [0.2, 0.25) is 0 Å². The van der Waals surface area contributed by atoms with Gasteiger partial charge in [0.15, 0.2) is 0 Å². The molecule has 2 aromatic rings. The Labute approximate surface area is 113 Å². The molecular weight excluding hydrogens is 265 g/mol. The minimum atomic E-state index is -0.875. The number of hydrogen-bond donors (Lipinski definition) is 1. The Balaban J connectivity index is 1.88. The van der Waals surface area contributed by atoms with Crippen LogP contribution in [0.25, 0.3) is 11.5 Å². The second-order valence-electron chi connectivity index (χ2n) is 5.43. The van der Waals surface area contributed by atoms with E-state index in [9.17, 15) is 9.18 Å². The molecule has 0 radical (unpaired) electrons. The second kappa shape index (κ2) is 4.09. The van der Waals surface area contributed by atoms with E-state index in [0.717, 1.165) is 6.20 Å². The predicted molar refractivity (Wildman–Crippen MR) is 65.1 cm³/mol. The van der Waals surface area contributed by atoms with Crippen molar-refractivity contribution in [1.29, 1.82) is 0 Å². The van der Waals surface area contributed by atoms with Gasteiger partial charge in [0.1, 0.15) is 11.5 Å². The number of carboxylic acids is 1. The van der Waals surface area contributed by atoms with Crippen molar-refractivity contribution >= 4 is 5.97 Å². The molecule has 1 aliphatic carbocycles. The summed E-state index contributed by atoms with van der Waals surface area (Å²) in [5.74, 6) is -1.65. The lowest BCUT2D eigenvalue weighted by molar-refractivity contribution is -0.139. The molecule has 20 heavy (non-hydrogen) atoms. The standard InChI is InChI=1S/C13H12FN3O3/c1-13(2)8(9(13)12(18)19)11-16-10(17-20-11)7-4-3-6(14)5-15-7/h3-5,8-9H,1-2H3,(H,18,19). The highest BCUT2D eigenvalue weighted by Crippen LogP contribution is 2.64. The molecule has 104 valence electrons. The number of aliphatic carboxylic acids is 1. The summed E-state index contributed by atoms with van der Waals surface area (Å²) < 4.78 is 17.9. The van der Waals surface area contributed by atoms with Crippen molar-refractivity contribution in [2.24, 2.45) is 11.3 Å². The van der Waals surface area contributed by atoms with Crippen LogP contribution in [0.15, 0.2) is 22.9 Å². The van der Waals surface area contributed by atoms with Crippen LogP contribution in [0.4, 0.5) is 4.39 Å². The van der Waals surface area contributed by atoms with Crippen LogP contribution in [0.3, 0.4) is 0 Å². The largest absolute Gasteiger partial charge is 0.481 e. The monoisotopic (exact) mass is 277 g/mol. The molecule has 2 aromatic heterocycles. The van der Waals surface area contributed by atoms with Gasteiger partial charge in [0.25, 0.3) is 0 Å². The van der Waals surface area contributed by atoms with Crippen LogP contribution in [-0.2, 0) is 4.79 Å². The Bertz CT molecular complexity index is 666. The summed E-state index contributed by atoms with van der Waals surface area (Å²) in [4.78, 5) is 19.2. The maximum absolute atomic E-state index is 12.8. The van der Waals surface area contributed by atoms with Crippen LogP contribution in [0, 0.1) is 17.2 Å². The zero-order chi connectivity index (χ0) is 14.5. The van der Waals surface area contributed by atoms with Crippen LogP contribution in [0.5, 0.6) is 0 Å². The zero-order valence-corrected chi connectivity index (χ0v) is 10.9. The first kappa shape index (κ1) is 12.7. The van der Waals surface area contributed by atoms with Crippen molar-refractivity contribution in [1.82, 2.24) is 15.1 Å². The molecule has 0 aromatic carbocycles. The number of rotatable bonds is 3. The van der Waals surface area contributed by atoms with Crippen LogP contribution < -0.4 is 0 Å². The number of hydrogen-bond acceptors (Lipinski definition) is 5. The highest BCUT2D eigenvalue weighted by molar-refractivity contribution is 5.77. The van der Waals surface area contributed by atoms with E-state index in [1.165, 1.54) is 12.1 Å². The Morgan fingerprint density at radius 1 is 1.45 bits per heavy atom. The molecule has 0 amide bonds. The van der Waals surface area contributed by atoms with E-state index in [2.05, 4.69) is 15.1 Å². The molecular formula is C13H12FN3O3. The SMILES string of the molecule is CC1(C)C(C(=O)O)C1c1nc(-c2ccc(F)cn2)no1. The topological polar surface area (TPSA) is 89.1 Å². The summed E-state index contributed by atoms with van der Waals surface area (Å²) in [5, 5.41) is 12.9. The molecule has 2 heterocycles. The molecule has 0 saturated heterocycles. The van der Waals surface area contributed by atoms with E-state index in [4.69, 9.17) is 9.63 Å². The van der Waals surface area contributed by atoms with Crippen molar-refractivity contribution in [2.75, 3.05) is 0 Å². The van der Waals surface area contributed by atoms with E-state index < -0.39 is 23.1 Å². The fourth-order valence-corrected chi connectivity index (χ4v) is 2.53. The third kappa shape index (κ3) is 1.86. The highest BCUT2D eigenvalue weighted by Gasteiger charge is 2.65. The number of pyridine rings is 1. The highest BCUT2D eigenvalue weighted by atomic mass is 19.1. The summed E-state index contributed by atoms with van der Waals surface area (Å²) in [5.41, 5.74) is -0.0296. The number of carbonyl (C=O) groups is 1. The smallest absolute Gasteiger partial charge is 0.307 e. The number of carboxylic acid groups (broad SMARTS) is 1. The Morgan fingerprint density at radius 2 is 2.20 bits per heavy atom. The third-order valence-electron chi connectivity index (χ3n) is 3.76. The van der Waals surface area contributed by atoms with Crippen molar-refractivity contribution in [3.05, 3.63) is 30.0 Å². The minimum absolute atomic E-state index is 0.229. The minimum Gasteiger partial charge on any atom is -0.481 e. The molecule has 2 atom stereocenters. The fraction of sp³-hybridized carbons (Fsp3) is 0.385. The van der Waals surface area contributed by atoms with Gasteiger partial charge in [-0.15, -0.1) is 0 Å². The lowest BCUT2D eigenvalue weighted by Crippen LogP contribution is -2.03. The maximum Gasteiger partial charge on any atom is 0.307 e. The quantitative estimate of drug-likeness (QED) is 0.924. The van der Waals surface area contributed by atoms with Crippen LogP contribution in [0.1, 0.15) is 25.7 Å². The van der Waals surface area contributed by atoms with Crippen LogP contribution >= 0.6 is 0 Å². The molecule has 3 rings (SSSR count). The summed E-state index contributed by atoms with van der Waals surface area (Å²) >= 11 is 0. The van der Waals surface area contributed by atoms with Gasteiger partial charge in [0, 0.05) is 0 Å². The van der Waals surface area contributed by atoms with Crippen LogP contribution in [-0.4, -0.2) is 26.2 Å². The molecule has 0 aliphatic heterocycles. The van der Waals surface area contributed by atoms with E-state index in [0.29, 0.717) is 5.69 Å². The maximum atomic E-state index is 12.8. The first-order valence-corrected chi connectivity index (χ1v) is 6.09. The Kier molecular flexibility index (Phi) is 2.60. The normalized spacial score (nSPS) is 23.6. The van der Waals surface area contributed by atoms with E-state index >= 15 is 0 Å². The van der Waals surface area contributed by atoms with Crippen molar-refractivity contribution in [3.8, 4) is 11.5 Å². The molecule has 1 saturated carbocycles. The number of nitrogens with zero attached hydrogens (tertiary/aromatic N) is 3. The average Bonchev–Trinajstić information content (AvgIpc) is 2.74. The molecule has 7 heteroatoms. The number of halogens is 1. The molecule has 6 nitrogen and oxygen atoms in total. The zero-order valence-electron chi connectivity index (χ0n) is 10.9. The summed E-state index contributed by atoms with van der Waals surface area (Å²) in [6, 6.07) is 2.69. The van der Waals surface area contributed by atoms with Gasteiger partial charge in [-0.1, -0.05) is 19.0 Å². The van der Waals surface area contributed by atoms with Gasteiger partial charge >= 0.3 is 5.97 Å². The van der Waals surface area contributed by atoms with Gasteiger partial charge in [-0.2, -0.15) is 4.98 Å². The van der Waals surface area contributed by atoms with E-state index in [1.807, 2.05) is 13.8 Å². The van der Waals surface area contributed by atoms with Gasteiger partial charge < -0.3 is 9.63 Å². The number of aromatic nitrogens is 3. The Morgan fingerprint density at radius 3 is 2.75 bits per heavy atom. The molecule has 1 fully saturated rings. The van der Waals surface area contributed by atoms with E-state index in [-0.39, 0.29) is 17.6 Å². The van der Waals surface area contributed by atoms with Gasteiger partial charge in [0.2, 0.25) is 11.7 Å². The second-order valence-corrected chi connectivity index (χ2v) is 5.43. The third-order valence-corrected chi connectivity index (χ3v) is 3.76. The van der Waals surface area contributed by atoms with E-state index in [1.54, 1.807) is 0 Å².